The molecule has 2 aliphatic heterocycles. The lowest BCUT2D eigenvalue weighted by Crippen LogP contribution is -2.48. The van der Waals surface area contributed by atoms with Crippen LogP contribution in [0.15, 0.2) is 18.2 Å². The van der Waals surface area contributed by atoms with Gasteiger partial charge in [0.1, 0.15) is 5.75 Å². The summed E-state index contributed by atoms with van der Waals surface area (Å²) in [4.78, 5) is 14.8. The van der Waals surface area contributed by atoms with Gasteiger partial charge >= 0.3 is 0 Å². The summed E-state index contributed by atoms with van der Waals surface area (Å²) in [5.41, 5.74) is 2.29. The Morgan fingerprint density at radius 3 is 3.05 bits per heavy atom. The molecule has 4 heteroatoms. The maximum Gasteiger partial charge on any atom is 0.244 e. The first-order chi connectivity index (χ1) is 10.3. The molecule has 2 heterocycles. The summed E-state index contributed by atoms with van der Waals surface area (Å²) >= 11 is 0. The number of nitrogens with one attached hydrogen (secondary N) is 1. The Morgan fingerprint density at radius 2 is 2.19 bits per heavy atom. The van der Waals surface area contributed by atoms with E-state index in [-0.39, 0.29) is 11.9 Å². The Kier molecular flexibility index (Phi) is 4.44. The van der Waals surface area contributed by atoms with E-state index >= 15 is 0 Å². The molecule has 1 atom stereocenters. The molecule has 0 spiro atoms. The zero-order valence-corrected chi connectivity index (χ0v) is 12.7. The highest BCUT2D eigenvalue weighted by molar-refractivity contribution is 5.98. The monoisotopic (exact) mass is 288 g/mol. The van der Waals surface area contributed by atoms with Crippen molar-refractivity contribution in [2.75, 3.05) is 25.1 Å². The Hall–Kier alpha value is -1.55. The van der Waals surface area contributed by atoms with E-state index in [1.807, 2.05) is 17.0 Å². The average molecular weight is 288 g/mol. The molecule has 4 nitrogen and oxygen atoms in total. The van der Waals surface area contributed by atoms with E-state index in [1.54, 1.807) is 7.11 Å². The lowest BCUT2D eigenvalue weighted by Gasteiger charge is -2.32. The minimum absolute atomic E-state index is 0.0134. The highest BCUT2D eigenvalue weighted by Gasteiger charge is 2.29. The van der Waals surface area contributed by atoms with E-state index in [0.29, 0.717) is 0 Å². The normalized spacial score (nSPS) is 22.3. The molecular weight excluding hydrogens is 264 g/mol. The predicted molar refractivity (Wildman–Crippen MR) is 83.9 cm³/mol. The molecule has 1 N–H and O–H groups in total. The van der Waals surface area contributed by atoms with Crippen molar-refractivity contribution in [3.63, 3.8) is 0 Å². The summed E-state index contributed by atoms with van der Waals surface area (Å²) in [6.07, 6.45) is 6.56. The fourth-order valence-electron chi connectivity index (χ4n) is 3.36. The molecule has 114 valence electrons. The van der Waals surface area contributed by atoms with Gasteiger partial charge in [0, 0.05) is 12.2 Å². The third kappa shape index (κ3) is 3.05. The van der Waals surface area contributed by atoms with Crippen LogP contribution in [0.1, 0.15) is 37.7 Å². The molecule has 1 amide bonds. The minimum Gasteiger partial charge on any atom is -0.497 e. The van der Waals surface area contributed by atoms with Gasteiger partial charge in [0.15, 0.2) is 0 Å². The first-order valence-electron chi connectivity index (χ1n) is 8.01. The van der Waals surface area contributed by atoms with Gasteiger partial charge in [-0.1, -0.05) is 12.8 Å². The van der Waals surface area contributed by atoms with Gasteiger partial charge in [-0.2, -0.15) is 0 Å². The number of rotatable bonds is 2. The van der Waals surface area contributed by atoms with Crippen molar-refractivity contribution in [2.45, 2.75) is 44.6 Å². The van der Waals surface area contributed by atoms with E-state index in [0.717, 1.165) is 50.2 Å². The van der Waals surface area contributed by atoms with Crippen molar-refractivity contribution in [2.24, 2.45) is 0 Å². The SMILES string of the molecule is COc1ccc2c(c1)CCCN2C(=O)C1CCCCCN1. The molecule has 0 aliphatic carbocycles. The Labute approximate surface area is 126 Å². The molecule has 0 aromatic heterocycles. The van der Waals surface area contributed by atoms with Gasteiger partial charge in [0.2, 0.25) is 5.91 Å². The molecule has 0 radical (unpaired) electrons. The number of hydrogen-bond acceptors (Lipinski definition) is 3. The summed E-state index contributed by atoms with van der Waals surface area (Å²) in [7, 11) is 1.68. The van der Waals surface area contributed by atoms with Crippen molar-refractivity contribution >= 4 is 11.6 Å². The number of aryl methyl sites for hydroxylation is 1. The second-order valence-electron chi connectivity index (χ2n) is 5.94. The predicted octanol–water partition coefficient (Wildman–Crippen LogP) is 2.51. The summed E-state index contributed by atoms with van der Waals surface area (Å²) in [5, 5.41) is 3.42. The van der Waals surface area contributed by atoms with Gasteiger partial charge in [0.25, 0.3) is 0 Å². The van der Waals surface area contributed by atoms with Crippen LogP contribution in [-0.2, 0) is 11.2 Å². The maximum atomic E-state index is 12.9. The Morgan fingerprint density at radius 1 is 1.29 bits per heavy atom. The zero-order chi connectivity index (χ0) is 14.7. The molecular formula is C17H24N2O2. The molecule has 1 saturated heterocycles. The first-order valence-corrected chi connectivity index (χ1v) is 8.01. The lowest BCUT2D eigenvalue weighted by atomic mass is 9.99. The molecule has 1 aromatic carbocycles. The van der Waals surface area contributed by atoms with Crippen LogP contribution >= 0.6 is 0 Å². The third-order valence-electron chi connectivity index (χ3n) is 4.53. The number of carbonyl (C=O) groups is 1. The number of ether oxygens (including phenoxy) is 1. The van der Waals surface area contributed by atoms with Crippen molar-refractivity contribution in [3.8, 4) is 5.75 Å². The Bertz CT molecular complexity index is 508. The van der Waals surface area contributed by atoms with Crippen LogP contribution in [0.4, 0.5) is 5.69 Å². The molecule has 21 heavy (non-hydrogen) atoms. The van der Waals surface area contributed by atoms with Crippen LogP contribution in [0, 0.1) is 0 Å². The third-order valence-corrected chi connectivity index (χ3v) is 4.53. The van der Waals surface area contributed by atoms with Gasteiger partial charge in [-0.25, -0.2) is 0 Å². The molecule has 0 bridgehead atoms. The molecule has 1 fully saturated rings. The topological polar surface area (TPSA) is 41.6 Å². The highest BCUT2D eigenvalue weighted by Crippen LogP contribution is 2.31. The fourth-order valence-corrected chi connectivity index (χ4v) is 3.36. The molecule has 2 aliphatic rings. The van der Waals surface area contributed by atoms with Crippen LogP contribution in [0.5, 0.6) is 5.75 Å². The standard InChI is InChI=1S/C17H24N2O2/c1-21-14-8-9-16-13(12-14)6-5-11-19(16)17(20)15-7-3-2-4-10-18-15/h8-9,12,15,18H,2-7,10-11H2,1H3. The van der Waals surface area contributed by atoms with Gasteiger partial charge in [-0.3, -0.25) is 4.79 Å². The number of carbonyl (C=O) groups excluding carboxylic acids is 1. The van der Waals surface area contributed by atoms with Crippen molar-refractivity contribution in [1.29, 1.82) is 0 Å². The van der Waals surface area contributed by atoms with Gasteiger partial charge < -0.3 is 15.0 Å². The number of fused-ring (bicyclic) bond motifs is 1. The van der Waals surface area contributed by atoms with Crippen LogP contribution in [0.3, 0.4) is 0 Å². The quantitative estimate of drug-likeness (QED) is 0.909. The van der Waals surface area contributed by atoms with E-state index in [4.69, 9.17) is 4.74 Å². The van der Waals surface area contributed by atoms with Crippen molar-refractivity contribution in [3.05, 3.63) is 23.8 Å². The fraction of sp³-hybridized carbons (Fsp3) is 0.588. The van der Waals surface area contributed by atoms with Crippen molar-refractivity contribution in [1.82, 2.24) is 5.32 Å². The highest BCUT2D eigenvalue weighted by atomic mass is 16.5. The van der Waals surface area contributed by atoms with Crippen molar-refractivity contribution < 1.29 is 9.53 Å². The lowest BCUT2D eigenvalue weighted by molar-refractivity contribution is -0.120. The smallest absolute Gasteiger partial charge is 0.244 e. The van der Waals surface area contributed by atoms with E-state index in [9.17, 15) is 4.79 Å². The second kappa shape index (κ2) is 6.48. The van der Waals surface area contributed by atoms with Gasteiger partial charge in [-0.05, 0) is 56.0 Å². The Balaban J connectivity index is 1.82. The van der Waals surface area contributed by atoms with Gasteiger partial charge in [0.05, 0.1) is 13.2 Å². The van der Waals surface area contributed by atoms with Crippen LogP contribution in [0.2, 0.25) is 0 Å². The number of benzene rings is 1. The van der Waals surface area contributed by atoms with E-state index in [2.05, 4.69) is 11.4 Å². The number of hydrogen-bond donors (Lipinski definition) is 1. The van der Waals surface area contributed by atoms with Gasteiger partial charge in [-0.15, -0.1) is 0 Å². The second-order valence-corrected chi connectivity index (χ2v) is 5.94. The summed E-state index contributed by atoms with van der Waals surface area (Å²) in [6.45, 7) is 1.79. The maximum absolute atomic E-state index is 12.9. The number of nitrogens with zero attached hydrogens (tertiary/aromatic N) is 1. The molecule has 3 rings (SSSR count). The molecule has 1 unspecified atom stereocenters. The minimum atomic E-state index is -0.0134. The van der Waals surface area contributed by atoms with E-state index < -0.39 is 0 Å². The van der Waals surface area contributed by atoms with Crippen LogP contribution < -0.4 is 15.0 Å². The number of anilines is 1. The zero-order valence-electron chi connectivity index (χ0n) is 12.7. The number of amides is 1. The molecule has 0 saturated carbocycles. The largest absolute Gasteiger partial charge is 0.497 e. The average Bonchev–Trinajstić information content (AvgIpc) is 2.82. The van der Waals surface area contributed by atoms with E-state index in [1.165, 1.54) is 18.4 Å². The first kappa shape index (κ1) is 14.4. The number of methoxy groups -OCH3 is 1. The molecule has 1 aromatic rings. The summed E-state index contributed by atoms with van der Waals surface area (Å²) in [5.74, 6) is 1.11. The van der Waals surface area contributed by atoms with Crippen LogP contribution in [0.25, 0.3) is 0 Å². The summed E-state index contributed by atoms with van der Waals surface area (Å²) < 4.78 is 5.29. The summed E-state index contributed by atoms with van der Waals surface area (Å²) in [6, 6.07) is 6.03. The van der Waals surface area contributed by atoms with Crippen LogP contribution in [-0.4, -0.2) is 32.1 Å².